The van der Waals surface area contributed by atoms with Crippen molar-refractivity contribution in [3.8, 4) is 11.3 Å². The number of nitrogens with zero attached hydrogens (tertiary/aromatic N) is 2. The first kappa shape index (κ1) is 11.4. The summed E-state index contributed by atoms with van der Waals surface area (Å²) in [4.78, 5) is 2.40. The zero-order valence-corrected chi connectivity index (χ0v) is 10.3. The molecule has 1 saturated heterocycles. The summed E-state index contributed by atoms with van der Waals surface area (Å²) in [6, 6.07) is 10.3. The summed E-state index contributed by atoms with van der Waals surface area (Å²) in [5, 5.41) is 7.28. The highest BCUT2D eigenvalue weighted by Gasteiger charge is 2.14. The zero-order chi connectivity index (χ0) is 12.2. The van der Waals surface area contributed by atoms with E-state index in [0.717, 1.165) is 38.5 Å². The molecule has 1 N–H and O–H groups in total. The van der Waals surface area contributed by atoms with Gasteiger partial charge < -0.3 is 4.74 Å². The van der Waals surface area contributed by atoms with Crippen LogP contribution < -0.4 is 0 Å². The minimum absolute atomic E-state index is 0.832. The second-order valence-corrected chi connectivity index (χ2v) is 4.52. The van der Waals surface area contributed by atoms with Gasteiger partial charge in [-0.2, -0.15) is 5.10 Å². The SMILES string of the molecule is c1ccc(-c2[nH]ncc2CN2CCOCC2)cc1. The van der Waals surface area contributed by atoms with E-state index in [4.69, 9.17) is 4.74 Å². The van der Waals surface area contributed by atoms with Crippen LogP contribution in [-0.2, 0) is 11.3 Å². The van der Waals surface area contributed by atoms with Crippen LogP contribution in [0.2, 0.25) is 0 Å². The average molecular weight is 243 g/mol. The zero-order valence-electron chi connectivity index (χ0n) is 10.3. The number of benzene rings is 1. The summed E-state index contributed by atoms with van der Waals surface area (Å²) < 4.78 is 5.37. The molecule has 0 bridgehead atoms. The highest BCUT2D eigenvalue weighted by molar-refractivity contribution is 5.62. The Balaban J connectivity index is 1.79. The minimum Gasteiger partial charge on any atom is -0.379 e. The van der Waals surface area contributed by atoms with Gasteiger partial charge in [0.2, 0.25) is 0 Å². The fourth-order valence-corrected chi connectivity index (χ4v) is 2.29. The molecule has 94 valence electrons. The summed E-state index contributed by atoms with van der Waals surface area (Å²) in [6.07, 6.45) is 1.93. The van der Waals surface area contributed by atoms with E-state index in [9.17, 15) is 0 Å². The lowest BCUT2D eigenvalue weighted by molar-refractivity contribution is 0.0342. The molecule has 0 radical (unpaired) electrons. The van der Waals surface area contributed by atoms with Gasteiger partial charge in [-0.1, -0.05) is 30.3 Å². The Morgan fingerprint density at radius 1 is 1.17 bits per heavy atom. The van der Waals surface area contributed by atoms with E-state index in [1.54, 1.807) is 0 Å². The maximum atomic E-state index is 5.37. The predicted octanol–water partition coefficient (Wildman–Crippen LogP) is 1.91. The fraction of sp³-hybridized carbons (Fsp3) is 0.357. The van der Waals surface area contributed by atoms with Crippen LogP contribution >= 0.6 is 0 Å². The molecule has 1 aliphatic rings. The molecular weight excluding hydrogens is 226 g/mol. The van der Waals surface area contributed by atoms with Gasteiger partial charge in [0.1, 0.15) is 0 Å². The van der Waals surface area contributed by atoms with Crippen LogP contribution in [0, 0.1) is 0 Å². The average Bonchev–Trinajstić information content (AvgIpc) is 2.89. The molecule has 0 atom stereocenters. The summed E-state index contributed by atoms with van der Waals surface area (Å²) in [6.45, 7) is 4.60. The third-order valence-corrected chi connectivity index (χ3v) is 3.28. The van der Waals surface area contributed by atoms with Crippen molar-refractivity contribution < 1.29 is 4.74 Å². The van der Waals surface area contributed by atoms with Crippen molar-refractivity contribution in [3.63, 3.8) is 0 Å². The largest absolute Gasteiger partial charge is 0.379 e. The first-order valence-electron chi connectivity index (χ1n) is 6.31. The summed E-state index contributed by atoms with van der Waals surface area (Å²) >= 11 is 0. The number of aromatic amines is 1. The second kappa shape index (κ2) is 5.33. The van der Waals surface area contributed by atoms with Crippen LogP contribution in [0.15, 0.2) is 36.5 Å². The van der Waals surface area contributed by atoms with Gasteiger partial charge in [-0.25, -0.2) is 0 Å². The van der Waals surface area contributed by atoms with E-state index >= 15 is 0 Å². The topological polar surface area (TPSA) is 41.2 Å². The van der Waals surface area contributed by atoms with Crippen LogP contribution in [0.4, 0.5) is 0 Å². The molecule has 0 saturated carbocycles. The van der Waals surface area contributed by atoms with E-state index in [2.05, 4.69) is 39.4 Å². The van der Waals surface area contributed by atoms with E-state index in [0.29, 0.717) is 0 Å². The lowest BCUT2D eigenvalue weighted by Crippen LogP contribution is -2.35. The van der Waals surface area contributed by atoms with E-state index in [1.807, 2.05) is 12.3 Å². The van der Waals surface area contributed by atoms with E-state index in [-0.39, 0.29) is 0 Å². The Morgan fingerprint density at radius 3 is 2.72 bits per heavy atom. The van der Waals surface area contributed by atoms with Crippen LogP contribution in [0.5, 0.6) is 0 Å². The maximum absolute atomic E-state index is 5.37. The smallest absolute Gasteiger partial charge is 0.0695 e. The molecule has 1 fully saturated rings. The van der Waals surface area contributed by atoms with Crippen LogP contribution in [0.3, 0.4) is 0 Å². The monoisotopic (exact) mass is 243 g/mol. The van der Waals surface area contributed by atoms with Gasteiger partial charge in [-0.15, -0.1) is 0 Å². The summed E-state index contributed by atoms with van der Waals surface area (Å²) in [7, 11) is 0. The van der Waals surface area contributed by atoms with Crippen molar-refractivity contribution >= 4 is 0 Å². The standard InChI is InChI=1S/C14H17N3O/c1-2-4-12(5-3-1)14-13(10-15-16-14)11-17-6-8-18-9-7-17/h1-5,10H,6-9,11H2,(H,15,16). The number of hydrogen-bond acceptors (Lipinski definition) is 3. The molecule has 3 rings (SSSR count). The summed E-state index contributed by atoms with van der Waals surface area (Å²) in [5.74, 6) is 0. The molecule has 18 heavy (non-hydrogen) atoms. The van der Waals surface area contributed by atoms with Crippen molar-refractivity contribution in [1.29, 1.82) is 0 Å². The van der Waals surface area contributed by atoms with Gasteiger partial charge in [0, 0.05) is 25.2 Å². The van der Waals surface area contributed by atoms with Crippen molar-refractivity contribution in [1.82, 2.24) is 15.1 Å². The molecule has 2 aromatic rings. The van der Waals surface area contributed by atoms with Gasteiger partial charge >= 0.3 is 0 Å². The molecule has 0 aliphatic carbocycles. The van der Waals surface area contributed by atoms with Crippen molar-refractivity contribution in [2.75, 3.05) is 26.3 Å². The molecule has 0 spiro atoms. The Kier molecular flexibility index (Phi) is 3.39. The fourth-order valence-electron chi connectivity index (χ4n) is 2.29. The second-order valence-electron chi connectivity index (χ2n) is 4.52. The van der Waals surface area contributed by atoms with Crippen molar-refractivity contribution in [2.45, 2.75) is 6.54 Å². The van der Waals surface area contributed by atoms with E-state index < -0.39 is 0 Å². The first-order chi connectivity index (χ1) is 8.93. The number of nitrogens with one attached hydrogen (secondary N) is 1. The van der Waals surface area contributed by atoms with Gasteiger partial charge in [0.15, 0.2) is 0 Å². The number of morpholine rings is 1. The Morgan fingerprint density at radius 2 is 1.94 bits per heavy atom. The molecule has 1 aromatic heterocycles. The van der Waals surface area contributed by atoms with Crippen LogP contribution in [0.1, 0.15) is 5.56 Å². The van der Waals surface area contributed by atoms with Crippen LogP contribution in [-0.4, -0.2) is 41.4 Å². The van der Waals surface area contributed by atoms with Gasteiger partial charge in [-0.3, -0.25) is 10.00 Å². The Bertz CT molecular complexity index is 489. The van der Waals surface area contributed by atoms with Crippen molar-refractivity contribution in [3.05, 3.63) is 42.1 Å². The first-order valence-corrected chi connectivity index (χ1v) is 6.31. The highest BCUT2D eigenvalue weighted by atomic mass is 16.5. The predicted molar refractivity (Wildman–Crippen MR) is 70.1 cm³/mol. The third kappa shape index (κ3) is 2.44. The molecule has 4 heteroatoms. The molecule has 1 aromatic carbocycles. The molecular formula is C14H17N3O. The van der Waals surface area contributed by atoms with Crippen LogP contribution in [0.25, 0.3) is 11.3 Å². The lowest BCUT2D eigenvalue weighted by atomic mass is 10.1. The summed E-state index contributed by atoms with van der Waals surface area (Å²) in [5.41, 5.74) is 3.57. The number of rotatable bonds is 3. The highest BCUT2D eigenvalue weighted by Crippen LogP contribution is 2.22. The van der Waals surface area contributed by atoms with Gasteiger partial charge in [-0.05, 0) is 5.56 Å². The van der Waals surface area contributed by atoms with Gasteiger partial charge in [0.25, 0.3) is 0 Å². The number of aromatic nitrogens is 2. The minimum atomic E-state index is 0.832. The quantitative estimate of drug-likeness (QED) is 0.895. The van der Waals surface area contributed by atoms with E-state index in [1.165, 1.54) is 11.1 Å². The Hall–Kier alpha value is -1.65. The number of H-pyrrole nitrogens is 1. The van der Waals surface area contributed by atoms with Crippen molar-refractivity contribution in [2.24, 2.45) is 0 Å². The molecule has 0 amide bonds. The lowest BCUT2D eigenvalue weighted by Gasteiger charge is -2.26. The number of ether oxygens (including phenoxy) is 1. The molecule has 1 aliphatic heterocycles. The normalized spacial score (nSPS) is 16.9. The van der Waals surface area contributed by atoms with Gasteiger partial charge in [0.05, 0.1) is 25.1 Å². The Labute approximate surface area is 107 Å². The third-order valence-electron chi connectivity index (χ3n) is 3.28. The molecule has 4 nitrogen and oxygen atoms in total. The maximum Gasteiger partial charge on any atom is 0.0695 e. The number of hydrogen-bond donors (Lipinski definition) is 1. The molecule has 0 unspecified atom stereocenters. The molecule has 2 heterocycles.